The topological polar surface area (TPSA) is 21.3 Å². The number of para-hydroxylation sites is 2. The highest BCUT2D eigenvalue weighted by Gasteiger charge is 2.23. The molecule has 41 heavy (non-hydrogen) atoms. The van der Waals surface area contributed by atoms with Crippen LogP contribution in [0.5, 0.6) is 0 Å². The molecule has 3 heteroatoms. The molecule has 0 atom stereocenters. The summed E-state index contributed by atoms with van der Waals surface area (Å²) in [5.74, 6) is 0. The first-order valence-electron chi connectivity index (χ1n) is 14.2. The van der Waals surface area contributed by atoms with E-state index in [1.165, 1.54) is 21.7 Å². The van der Waals surface area contributed by atoms with Crippen molar-refractivity contribution in [2.75, 3.05) is 0 Å². The van der Waals surface area contributed by atoms with Crippen molar-refractivity contribution in [1.29, 1.82) is 0 Å². The van der Waals surface area contributed by atoms with E-state index in [9.17, 15) is 0 Å². The van der Waals surface area contributed by atoms with Gasteiger partial charge in [-0.1, -0.05) is 75.4 Å². The molecule has 0 aliphatic carbocycles. The van der Waals surface area contributed by atoms with Gasteiger partial charge in [-0.15, -0.1) is 0 Å². The zero-order valence-electron chi connectivity index (χ0n) is 23.4. The Bertz CT molecular complexity index is 2410. The van der Waals surface area contributed by atoms with Gasteiger partial charge in [-0.25, -0.2) is 0 Å². The molecule has 0 saturated heterocycles. The zero-order valence-corrected chi connectivity index (χ0v) is 23.4. The molecule has 8 rings (SSSR count). The van der Waals surface area contributed by atoms with E-state index >= 15 is 0 Å². The van der Waals surface area contributed by atoms with Crippen LogP contribution in [0.25, 0.3) is 65.6 Å². The predicted molar refractivity (Wildman–Crippen MR) is 169 cm³/mol. The van der Waals surface area contributed by atoms with E-state index in [0.717, 1.165) is 49.4 Å². The normalized spacial score (nSPS) is 12.3. The predicted octanol–water partition coefficient (Wildman–Crippen LogP) is 8.94. The molecule has 0 N–H and O–H groups in total. The standard InChI is InChI=1S/C38H30N2O/c1-38(2,3)25-19-21-40-33-16-8-6-15-29(33)32-17-10-11-20-39(32)35-24-37-30(23-31(35)34(40)22-25)27-13-5-4-12-26(27)28-14-7-9-18-36(28)41-37/h4-24H,1-3H3/q+2. The average Bonchev–Trinajstić information content (AvgIpc) is 3.13. The van der Waals surface area contributed by atoms with Gasteiger partial charge in [-0.05, 0) is 46.0 Å². The van der Waals surface area contributed by atoms with Crippen LogP contribution in [0, 0.1) is 0 Å². The maximum absolute atomic E-state index is 6.75. The molecule has 196 valence electrons. The van der Waals surface area contributed by atoms with Gasteiger partial charge >= 0.3 is 0 Å². The SMILES string of the molecule is CC(C)(C)c1cc[n+]2c3ccccc3c3cccc[n+]3c3cc4oc5ccccc5c5ccccc5c4cc3c2c1. The minimum atomic E-state index is 0.00569. The Hall–Kier alpha value is -5.02. The number of nitrogens with zero attached hydrogens (tertiary/aromatic N) is 2. The lowest BCUT2D eigenvalue weighted by molar-refractivity contribution is -0.488. The van der Waals surface area contributed by atoms with Crippen molar-refractivity contribution in [2.45, 2.75) is 26.2 Å². The van der Waals surface area contributed by atoms with E-state index in [-0.39, 0.29) is 5.41 Å². The van der Waals surface area contributed by atoms with Crippen LogP contribution < -0.4 is 8.80 Å². The number of pyridine rings is 2. The molecular weight excluding hydrogens is 500 g/mol. The van der Waals surface area contributed by atoms with Gasteiger partial charge in [0, 0.05) is 41.1 Å². The fraction of sp³-hybridized carbons (Fsp3) is 0.105. The van der Waals surface area contributed by atoms with E-state index < -0.39 is 0 Å². The third-order valence-corrected chi connectivity index (χ3v) is 8.37. The summed E-state index contributed by atoms with van der Waals surface area (Å²) in [6.07, 6.45) is 4.41. The van der Waals surface area contributed by atoms with Crippen molar-refractivity contribution in [3.63, 3.8) is 0 Å². The van der Waals surface area contributed by atoms with Crippen LogP contribution in [0.4, 0.5) is 0 Å². The molecule has 0 aliphatic rings. The number of benzene rings is 4. The maximum atomic E-state index is 6.75. The summed E-state index contributed by atoms with van der Waals surface area (Å²) in [4.78, 5) is 0. The van der Waals surface area contributed by atoms with E-state index in [4.69, 9.17) is 4.42 Å². The lowest BCUT2D eigenvalue weighted by Crippen LogP contribution is -2.28. The van der Waals surface area contributed by atoms with Crippen molar-refractivity contribution in [2.24, 2.45) is 0 Å². The second-order valence-electron chi connectivity index (χ2n) is 11.9. The van der Waals surface area contributed by atoms with Crippen molar-refractivity contribution in [3.8, 4) is 0 Å². The Morgan fingerprint density at radius 2 is 1.02 bits per heavy atom. The molecule has 8 aromatic rings. The molecule has 4 heterocycles. The molecule has 0 unspecified atom stereocenters. The average molecular weight is 531 g/mol. The molecular formula is C38H30N2O+2. The van der Waals surface area contributed by atoms with E-state index in [0.29, 0.717) is 0 Å². The highest BCUT2D eigenvalue weighted by atomic mass is 16.3. The summed E-state index contributed by atoms with van der Waals surface area (Å²) in [7, 11) is 0. The van der Waals surface area contributed by atoms with Crippen molar-refractivity contribution in [3.05, 3.63) is 133 Å². The molecule has 0 fully saturated rings. The summed E-state index contributed by atoms with van der Waals surface area (Å²) in [6, 6.07) is 41.3. The third kappa shape index (κ3) is 3.66. The number of rotatable bonds is 0. The third-order valence-electron chi connectivity index (χ3n) is 8.37. The second kappa shape index (κ2) is 8.74. The van der Waals surface area contributed by atoms with Gasteiger partial charge in [0.1, 0.15) is 21.9 Å². The number of aromatic nitrogens is 2. The molecule has 0 aliphatic heterocycles. The first-order valence-corrected chi connectivity index (χ1v) is 14.2. The van der Waals surface area contributed by atoms with Crippen LogP contribution in [-0.2, 0) is 5.41 Å². The number of fused-ring (bicyclic) bond motifs is 13. The van der Waals surface area contributed by atoms with Crippen LogP contribution in [0.1, 0.15) is 26.3 Å². The maximum Gasteiger partial charge on any atom is 0.228 e. The lowest BCUT2D eigenvalue weighted by atomic mass is 9.87. The van der Waals surface area contributed by atoms with Gasteiger partial charge in [0.15, 0.2) is 12.4 Å². The summed E-state index contributed by atoms with van der Waals surface area (Å²) in [6.45, 7) is 6.83. The van der Waals surface area contributed by atoms with Gasteiger partial charge in [-0.3, -0.25) is 0 Å². The van der Waals surface area contributed by atoms with Gasteiger partial charge in [0.2, 0.25) is 22.1 Å². The molecule has 4 aromatic heterocycles. The number of hydrogen-bond donors (Lipinski definition) is 0. The second-order valence-corrected chi connectivity index (χ2v) is 11.9. The first kappa shape index (κ1) is 23.8. The smallest absolute Gasteiger partial charge is 0.228 e. The Morgan fingerprint density at radius 1 is 0.439 bits per heavy atom. The summed E-state index contributed by atoms with van der Waals surface area (Å²) in [5.41, 5.74) is 7.57. The molecule has 0 radical (unpaired) electrons. The molecule has 0 spiro atoms. The minimum Gasteiger partial charge on any atom is -0.456 e. The largest absolute Gasteiger partial charge is 0.456 e. The number of hydrogen-bond acceptors (Lipinski definition) is 1. The Labute approximate surface area is 237 Å². The minimum absolute atomic E-state index is 0.00569. The monoisotopic (exact) mass is 530 g/mol. The fourth-order valence-electron chi connectivity index (χ4n) is 6.28. The van der Waals surface area contributed by atoms with Crippen LogP contribution in [0.15, 0.2) is 132 Å². The quantitative estimate of drug-likeness (QED) is 0.179. The van der Waals surface area contributed by atoms with E-state index in [2.05, 4.69) is 151 Å². The summed E-state index contributed by atoms with van der Waals surface area (Å²) in [5, 5.41) is 6.90. The van der Waals surface area contributed by atoms with Crippen LogP contribution in [0.2, 0.25) is 0 Å². The molecule has 0 saturated carbocycles. The molecule has 0 amide bonds. The summed E-state index contributed by atoms with van der Waals surface area (Å²) < 4.78 is 11.4. The molecule has 0 bridgehead atoms. The van der Waals surface area contributed by atoms with E-state index in [1.807, 2.05) is 6.07 Å². The van der Waals surface area contributed by atoms with Crippen molar-refractivity contribution >= 4 is 65.6 Å². The lowest BCUT2D eigenvalue weighted by Gasteiger charge is -2.17. The van der Waals surface area contributed by atoms with Crippen LogP contribution >= 0.6 is 0 Å². The molecule has 3 nitrogen and oxygen atoms in total. The van der Waals surface area contributed by atoms with Gasteiger partial charge in [0.25, 0.3) is 0 Å². The van der Waals surface area contributed by atoms with Gasteiger partial charge in [-0.2, -0.15) is 8.80 Å². The highest BCUT2D eigenvalue weighted by Crippen LogP contribution is 2.34. The van der Waals surface area contributed by atoms with Gasteiger partial charge in [0.05, 0.1) is 6.07 Å². The van der Waals surface area contributed by atoms with Crippen molar-refractivity contribution < 1.29 is 13.2 Å². The fourth-order valence-corrected chi connectivity index (χ4v) is 6.28. The summed E-state index contributed by atoms with van der Waals surface area (Å²) >= 11 is 0. The van der Waals surface area contributed by atoms with Crippen LogP contribution in [-0.4, -0.2) is 0 Å². The van der Waals surface area contributed by atoms with E-state index in [1.54, 1.807) is 0 Å². The first-order chi connectivity index (χ1) is 20.0. The van der Waals surface area contributed by atoms with Gasteiger partial charge < -0.3 is 4.42 Å². The van der Waals surface area contributed by atoms with Crippen LogP contribution in [0.3, 0.4) is 0 Å². The zero-order chi connectivity index (χ0) is 27.7. The Kier molecular flexibility index (Phi) is 5.08. The Balaban J connectivity index is 1.75. The Morgan fingerprint density at radius 3 is 1.78 bits per heavy atom. The highest BCUT2D eigenvalue weighted by molar-refractivity contribution is 6.16. The molecule has 4 aromatic carbocycles. The van der Waals surface area contributed by atoms with Crippen molar-refractivity contribution in [1.82, 2.24) is 0 Å².